The van der Waals surface area contributed by atoms with Gasteiger partial charge in [0.25, 0.3) is 0 Å². The molecule has 0 aromatic heterocycles. The molecule has 2 N–H and O–H groups in total. The molecule has 0 aromatic rings. The lowest BCUT2D eigenvalue weighted by Gasteiger charge is -2.42. The molecular formula is C23H46N2O2S2. The van der Waals surface area contributed by atoms with Gasteiger partial charge in [-0.15, -0.1) is 0 Å². The average molecular weight is 447 g/mol. The number of hydrogen-bond donors (Lipinski definition) is 4. The zero-order valence-corrected chi connectivity index (χ0v) is 22.0. The average Bonchev–Trinajstić information content (AvgIpc) is 2.46. The molecule has 172 valence electrons. The molecule has 1 unspecified atom stereocenters. The highest BCUT2D eigenvalue weighted by Crippen LogP contribution is 2.43. The Morgan fingerprint density at radius 2 is 1.31 bits per heavy atom. The van der Waals surface area contributed by atoms with Gasteiger partial charge in [-0.1, -0.05) is 27.7 Å². The van der Waals surface area contributed by atoms with E-state index < -0.39 is 16.5 Å². The van der Waals surface area contributed by atoms with Crippen LogP contribution in [-0.4, -0.2) is 34.4 Å². The molecule has 0 aliphatic heterocycles. The lowest BCUT2D eigenvalue weighted by atomic mass is 9.66. The molecular weight excluding hydrogens is 400 g/mol. The summed E-state index contributed by atoms with van der Waals surface area (Å²) in [5, 5.41) is 6.22. The number of rotatable bonds is 13. The summed E-state index contributed by atoms with van der Waals surface area (Å²) < 4.78 is 0. The Bertz CT molecular complexity index is 543. The highest BCUT2D eigenvalue weighted by Gasteiger charge is 2.40. The fourth-order valence-corrected chi connectivity index (χ4v) is 5.42. The van der Waals surface area contributed by atoms with Crippen molar-refractivity contribution in [3.8, 4) is 0 Å². The summed E-state index contributed by atoms with van der Waals surface area (Å²) in [5.41, 5.74) is -1.28. The lowest BCUT2D eigenvalue weighted by molar-refractivity contribution is -0.133. The van der Waals surface area contributed by atoms with E-state index in [-0.39, 0.29) is 17.2 Å². The monoisotopic (exact) mass is 446 g/mol. The first-order valence-corrected chi connectivity index (χ1v) is 12.1. The first-order chi connectivity index (χ1) is 13.0. The Morgan fingerprint density at radius 3 is 1.76 bits per heavy atom. The van der Waals surface area contributed by atoms with Crippen LogP contribution in [0.15, 0.2) is 0 Å². The Balaban J connectivity index is 5.22. The smallest absolute Gasteiger partial charge is 0.226 e. The van der Waals surface area contributed by atoms with Gasteiger partial charge in [-0.3, -0.25) is 9.59 Å². The maximum atomic E-state index is 13.2. The number of carbonyl (C=O) groups is 2. The molecule has 2 amide bonds. The number of hydrogen-bond acceptors (Lipinski definition) is 4. The van der Waals surface area contributed by atoms with Gasteiger partial charge in [-0.2, -0.15) is 25.3 Å². The fraction of sp³-hybridized carbons (Fsp3) is 0.913. The van der Waals surface area contributed by atoms with Crippen molar-refractivity contribution in [1.29, 1.82) is 0 Å². The van der Waals surface area contributed by atoms with Gasteiger partial charge in [0.1, 0.15) is 0 Å². The van der Waals surface area contributed by atoms with E-state index in [0.29, 0.717) is 12.3 Å². The topological polar surface area (TPSA) is 58.2 Å². The number of carbonyl (C=O) groups excluding carboxylic acids is 2. The Morgan fingerprint density at radius 1 is 0.793 bits per heavy atom. The Labute approximate surface area is 191 Å². The zero-order chi connectivity index (χ0) is 23.1. The van der Waals surface area contributed by atoms with E-state index in [9.17, 15) is 9.59 Å². The molecule has 4 nitrogen and oxygen atoms in total. The van der Waals surface area contributed by atoms with Crippen LogP contribution in [0.2, 0.25) is 0 Å². The predicted molar refractivity (Wildman–Crippen MR) is 132 cm³/mol. The third kappa shape index (κ3) is 11.0. The first-order valence-electron chi connectivity index (χ1n) is 10.8. The second-order valence-corrected chi connectivity index (χ2v) is 12.1. The van der Waals surface area contributed by atoms with Gasteiger partial charge in [0.15, 0.2) is 0 Å². The van der Waals surface area contributed by atoms with E-state index in [4.69, 9.17) is 0 Å². The van der Waals surface area contributed by atoms with E-state index in [1.807, 2.05) is 41.5 Å². The minimum atomic E-state index is -0.491. The summed E-state index contributed by atoms with van der Waals surface area (Å²) in [6.07, 6.45) is 4.71. The van der Waals surface area contributed by atoms with Crippen LogP contribution in [0.3, 0.4) is 0 Å². The molecule has 0 aromatic carbocycles. The van der Waals surface area contributed by atoms with Crippen LogP contribution in [0.4, 0.5) is 0 Å². The summed E-state index contributed by atoms with van der Waals surface area (Å²) >= 11 is 8.83. The number of nitrogens with one attached hydrogen (secondary N) is 2. The molecule has 1 atom stereocenters. The van der Waals surface area contributed by atoms with Crippen LogP contribution >= 0.6 is 25.3 Å². The van der Waals surface area contributed by atoms with Crippen LogP contribution in [0.5, 0.6) is 0 Å². The SMILES string of the molecule is CC(=O)NC(C)(C)CC(C)(C)NC(=O)C(C)(C)CC(C)(C)C(CCS)CCCS. The first kappa shape index (κ1) is 28.6. The summed E-state index contributed by atoms with van der Waals surface area (Å²) in [6, 6.07) is 0. The van der Waals surface area contributed by atoms with Crippen molar-refractivity contribution in [1.82, 2.24) is 10.6 Å². The molecule has 0 spiro atoms. The van der Waals surface area contributed by atoms with Crippen molar-refractivity contribution in [3.63, 3.8) is 0 Å². The van der Waals surface area contributed by atoms with Crippen LogP contribution in [-0.2, 0) is 9.59 Å². The lowest BCUT2D eigenvalue weighted by Crippen LogP contribution is -2.55. The predicted octanol–water partition coefficient (Wildman–Crippen LogP) is 5.27. The van der Waals surface area contributed by atoms with E-state index in [0.717, 1.165) is 37.2 Å². The molecule has 6 heteroatoms. The van der Waals surface area contributed by atoms with Gasteiger partial charge in [-0.25, -0.2) is 0 Å². The van der Waals surface area contributed by atoms with E-state index >= 15 is 0 Å². The van der Waals surface area contributed by atoms with E-state index in [1.165, 1.54) is 6.92 Å². The van der Waals surface area contributed by atoms with Crippen LogP contribution in [0, 0.1) is 16.7 Å². The van der Waals surface area contributed by atoms with Crippen molar-refractivity contribution < 1.29 is 9.59 Å². The molecule has 0 bridgehead atoms. The van der Waals surface area contributed by atoms with E-state index in [2.05, 4.69) is 49.7 Å². The van der Waals surface area contributed by atoms with Gasteiger partial charge in [0.2, 0.25) is 11.8 Å². The maximum Gasteiger partial charge on any atom is 0.226 e. The third-order valence-electron chi connectivity index (χ3n) is 5.66. The minimum Gasteiger partial charge on any atom is -0.351 e. The van der Waals surface area contributed by atoms with Crippen molar-refractivity contribution in [2.75, 3.05) is 11.5 Å². The van der Waals surface area contributed by atoms with Crippen molar-refractivity contribution >= 4 is 37.1 Å². The third-order valence-corrected chi connectivity index (χ3v) is 6.23. The highest BCUT2D eigenvalue weighted by molar-refractivity contribution is 7.80. The second kappa shape index (κ2) is 11.3. The van der Waals surface area contributed by atoms with Gasteiger partial charge in [-0.05, 0) is 82.6 Å². The summed E-state index contributed by atoms with van der Waals surface area (Å²) in [6.45, 7) is 18.2. The maximum absolute atomic E-state index is 13.2. The molecule has 0 fully saturated rings. The molecule has 0 saturated heterocycles. The van der Waals surface area contributed by atoms with Crippen molar-refractivity contribution in [2.45, 2.75) is 105 Å². The molecule has 0 saturated carbocycles. The van der Waals surface area contributed by atoms with Gasteiger partial charge < -0.3 is 10.6 Å². The zero-order valence-electron chi connectivity index (χ0n) is 20.2. The molecule has 29 heavy (non-hydrogen) atoms. The largest absolute Gasteiger partial charge is 0.351 e. The number of amides is 2. The number of thiol groups is 2. The van der Waals surface area contributed by atoms with Crippen LogP contribution < -0.4 is 10.6 Å². The fourth-order valence-electron chi connectivity index (χ4n) is 4.93. The van der Waals surface area contributed by atoms with Crippen molar-refractivity contribution in [2.24, 2.45) is 16.7 Å². The minimum absolute atomic E-state index is 0.0338. The van der Waals surface area contributed by atoms with Crippen molar-refractivity contribution in [3.05, 3.63) is 0 Å². The molecule has 0 radical (unpaired) electrons. The molecule has 0 aliphatic rings. The van der Waals surface area contributed by atoms with Crippen LogP contribution in [0.25, 0.3) is 0 Å². The van der Waals surface area contributed by atoms with Crippen LogP contribution in [0.1, 0.15) is 94.4 Å². The highest BCUT2D eigenvalue weighted by atomic mass is 32.1. The summed E-state index contributed by atoms with van der Waals surface area (Å²) in [4.78, 5) is 24.7. The summed E-state index contributed by atoms with van der Waals surface area (Å²) in [5.74, 6) is 2.27. The molecule has 0 aliphatic carbocycles. The van der Waals surface area contributed by atoms with E-state index in [1.54, 1.807) is 0 Å². The van der Waals surface area contributed by atoms with Gasteiger partial charge in [0.05, 0.1) is 0 Å². The molecule has 0 heterocycles. The standard InChI is InChI=1S/C23H46N2O2S2/c1-17(26)24-22(6,7)16-23(8,9)25-19(27)21(4,5)15-20(2,3)18(12-14-29)11-10-13-28/h18,28-29H,10-16H2,1-9H3,(H,24,26)(H,25,27). The normalized spacial score (nSPS) is 14.4. The van der Waals surface area contributed by atoms with Gasteiger partial charge in [0, 0.05) is 23.4 Å². The Kier molecular flexibility index (Phi) is 11.2. The Hall–Kier alpha value is -0.360. The second-order valence-electron chi connectivity index (χ2n) is 11.2. The quantitative estimate of drug-likeness (QED) is 0.291. The van der Waals surface area contributed by atoms with Gasteiger partial charge >= 0.3 is 0 Å². The molecule has 0 rings (SSSR count). The summed E-state index contributed by atoms with van der Waals surface area (Å²) in [7, 11) is 0.